The Morgan fingerprint density at radius 2 is 2.25 bits per heavy atom. The lowest BCUT2D eigenvalue weighted by Crippen LogP contribution is -2.40. The summed E-state index contributed by atoms with van der Waals surface area (Å²) in [6.07, 6.45) is 0.449. The van der Waals surface area contributed by atoms with Crippen molar-refractivity contribution in [1.29, 1.82) is 0 Å². The van der Waals surface area contributed by atoms with Gasteiger partial charge >= 0.3 is 0 Å². The minimum Gasteiger partial charge on any atom is -0.484 e. The molecule has 0 saturated carbocycles. The number of rotatable bonds is 4. The van der Waals surface area contributed by atoms with E-state index in [0.29, 0.717) is 6.42 Å². The number of hydrogen-bond donors (Lipinski definition) is 0. The molecule has 0 aromatic heterocycles. The van der Waals surface area contributed by atoms with Crippen LogP contribution in [0.2, 0.25) is 0 Å². The van der Waals surface area contributed by atoms with E-state index in [0.717, 1.165) is 0 Å². The van der Waals surface area contributed by atoms with Gasteiger partial charge in [0.2, 0.25) is 0 Å². The summed E-state index contributed by atoms with van der Waals surface area (Å²) in [5.41, 5.74) is 0. The van der Waals surface area contributed by atoms with Crippen molar-refractivity contribution in [2.24, 2.45) is 0 Å². The summed E-state index contributed by atoms with van der Waals surface area (Å²) in [6, 6.07) is 5.21. The van der Waals surface area contributed by atoms with Crippen LogP contribution in [0.5, 0.6) is 5.75 Å². The van der Waals surface area contributed by atoms with Crippen molar-refractivity contribution in [3.63, 3.8) is 0 Å². The van der Waals surface area contributed by atoms with E-state index in [1.807, 2.05) is 0 Å². The molecular formula is C13H16FNO4S. The number of hydrogen-bond acceptors (Lipinski definition) is 4. The van der Waals surface area contributed by atoms with Gasteiger partial charge in [0.1, 0.15) is 11.6 Å². The Bertz CT molecular complexity index is 602. The van der Waals surface area contributed by atoms with E-state index in [9.17, 15) is 17.6 Å². The van der Waals surface area contributed by atoms with Gasteiger partial charge in [-0.1, -0.05) is 6.07 Å². The number of halogens is 1. The number of nitrogens with zero attached hydrogens (tertiary/aromatic N) is 1. The van der Waals surface area contributed by atoms with Gasteiger partial charge in [-0.3, -0.25) is 4.79 Å². The normalized spacial score (nSPS) is 20.6. The number of amides is 1. The Balaban J connectivity index is 1.89. The summed E-state index contributed by atoms with van der Waals surface area (Å²) < 4.78 is 40.9. The molecule has 7 heteroatoms. The van der Waals surface area contributed by atoms with Gasteiger partial charge in [-0.15, -0.1) is 0 Å². The van der Waals surface area contributed by atoms with Crippen molar-refractivity contribution in [1.82, 2.24) is 4.90 Å². The molecule has 110 valence electrons. The second kappa shape index (κ2) is 5.78. The average molecular weight is 301 g/mol. The Morgan fingerprint density at radius 1 is 1.50 bits per heavy atom. The van der Waals surface area contributed by atoms with Gasteiger partial charge in [-0.05, 0) is 18.6 Å². The molecule has 1 heterocycles. The Hall–Kier alpha value is -1.63. The number of benzene rings is 1. The number of sulfone groups is 1. The highest BCUT2D eigenvalue weighted by molar-refractivity contribution is 7.91. The highest BCUT2D eigenvalue weighted by Crippen LogP contribution is 2.17. The van der Waals surface area contributed by atoms with E-state index in [1.54, 1.807) is 13.1 Å². The maximum atomic E-state index is 12.9. The molecule has 1 aromatic carbocycles. The summed E-state index contributed by atoms with van der Waals surface area (Å²) in [5, 5.41) is 0. The van der Waals surface area contributed by atoms with Crippen LogP contribution < -0.4 is 4.74 Å². The molecule has 1 fully saturated rings. The number of likely N-dealkylation sites (N-methyl/N-ethyl adjacent to an activating group) is 1. The van der Waals surface area contributed by atoms with E-state index in [4.69, 9.17) is 4.74 Å². The van der Waals surface area contributed by atoms with Crippen molar-refractivity contribution in [2.75, 3.05) is 25.2 Å². The van der Waals surface area contributed by atoms with Gasteiger partial charge in [0, 0.05) is 19.2 Å². The topological polar surface area (TPSA) is 63.7 Å². The molecule has 1 saturated heterocycles. The second-order valence-corrected chi connectivity index (χ2v) is 7.04. The van der Waals surface area contributed by atoms with E-state index < -0.39 is 15.7 Å². The Kier molecular flexibility index (Phi) is 4.27. The molecule has 1 atom stereocenters. The fraction of sp³-hybridized carbons (Fsp3) is 0.462. The monoisotopic (exact) mass is 301 g/mol. The molecule has 0 N–H and O–H groups in total. The minimum atomic E-state index is -3.03. The van der Waals surface area contributed by atoms with Crippen LogP contribution in [0.4, 0.5) is 4.39 Å². The lowest BCUT2D eigenvalue weighted by atomic mass is 10.2. The third kappa shape index (κ3) is 3.69. The Labute approximate surface area is 117 Å². The number of ether oxygens (including phenoxy) is 1. The highest BCUT2D eigenvalue weighted by atomic mass is 32.2. The van der Waals surface area contributed by atoms with Crippen molar-refractivity contribution >= 4 is 15.7 Å². The van der Waals surface area contributed by atoms with Crippen LogP contribution >= 0.6 is 0 Å². The van der Waals surface area contributed by atoms with E-state index in [2.05, 4.69) is 0 Å². The van der Waals surface area contributed by atoms with Crippen molar-refractivity contribution < 1.29 is 22.3 Å². The molecule has 1 unspecified atom stereocenters. The molecule has 20 heavy (non-hydrogen) atoms. The van der Waals surface area contributed by atoms with Crippen LogP contribution in [0.3, 0.4) is 0 Å². The summed E-state index contributed by atoms with van der Waals surface area (Å²) >= 11 is 0. The SMILES string of the molecule is CN(C(=O)COc1cccc(F)c1)C1CCS(=O)(=O)C1. The number of carbonyl (C=O) groups excluding carboxylic acids is 1. The highest BCUT2D eigenvalue weighted by Gasteiger charge is 2.32. The first-order valence-corrected chi connectivity index (χ1v) is 8.04. The van der Waals surface area contributed by atoms with Gasteiger partial charge in [0.25, 0.3) is 5.91 Å². The second-order valence-electron chi connectivity index (χ2n) is 4.81. The molecule has 1 aromatic rings. The van der Waals surface area contributed by atoms with Crippen LogP contribution in [0.1, 0.15) is 6.42 Å². The molecule has 0 bridgehead atoms. The number of carbonyl (C=O) groups is 1. The largest absolute Gasteiger partial charge is 0.484 e. The van der Waals surface area contributed by atoms with E-state index in [-0.39, 0.29) is 35.8 Å². The first kappa shape index (κ1) is 14.8. The molecule has 2 rings (SSSR count). The smallest absolute Gasteiger partial charge is 0.260 e. The maximum Gasteiger partial charge on any atom is 0.260 e. The third-order valence-electron chi connectivity index (χ3n) is 3.31. The average Bonchev–Trinajstić information content (AvgIpc) is 2.75. The van der Waals surface area contributed by atoms with Crippen molar-refractivity contribution in [2.45, 2.75) is 12.5 Å². The van der Waals surface area contributed by atoms with E-state index >= 15 is 0 Å². The van der Waals surface area contributed by atoms with Crippen LogP contribution in [-0.4, -0.2) is 50.4 Å². The lowest BCUT2D eigenvalue weighted by Gasteiger charge is -2.23. The van der Waals surface area contributed by atoms with Gasteiger partial charge < -0.3 is 9.64 Å². The summed E-state index contributed by atoms with van der Waals surface area (Å²) in [7, 11) is -1.47. The third-order valence-corrected chi connectivity index (χ3v) is 5.06. The molecule has 0 spiro atoms. The zero-order chi connectivity index (χ0) is 14.8. The summed E-state index contributed by atoms with van der Waals surface area (Å²) in [6.45, 7) is -0.240. The molecule has 0 radical (unpaired) electrons. The Morgan fingerprint density at radius 3 is 2.85 bits per heavy atom. The lowest BCUT2D eigenvalue weighted by molar-refractivity contribution is -0.133. The zero-order valence-corrected chi connectivity index (χ0v) is 11.9. The van der Waals surface area contributed by atoms with Crippen LogP contribution in [0, 0.1) is 5.82 Å². The quantitative estimate of drug-likeness (QED) is 0.827. The summed E-state index contributed by atoms with van der Waals surface area (Å²) in [5.74, 6) is -0.387. The molecular weight excluding hydrogens is 285 g/mol. The predicted octanol–water partition coefficient (Wildman–Crippen LogP) is 0.850. The molecule has 5 nitrogen and oxygen atoms in total. The molecule has 1 amide bonds. The first-order chi connectivity index (χ1) is 9.37. The van der Waals surface area contributed by atoms with Crippen molar-refractivity contribution in [3.05, 3.63) is 30.1 Å². The van der Waals surface area contributed by atoms with Gasteiger partial charge in [-0.2, -0.15) is 0 Å². The minimum absolute atomic E-state index is 0.00476. The standard InChI is InChI=1S/C13H16FNO4S/c1-15(11-5-6-20(17,18)9-11)13(16)8-19-12-4-2-3-10(14)7-12/h2-4,7,11H,5-6,8-9H2,1H3. The first-order valence-electron chi connectivity index (χ1n) is 6.22. The fourth-order valence-electron chi connectivity index (χ4n) is 2.09. The van der Waals surface area contributed by atoms with Crippen molar-refractivity contribution in [3.8, 4) is 5.75 Å². The molecule has 1 aliphatic heterocycles. The maximum absolute atomic E-state index is 12.9. The van der Waals surface area contributed by atoms with Gasteiger partial charge in [0.05, 0.1) is 11.5 Å². The van der Waals surface area contributed by atoms with Crippen LogP contribution in [0.15, 0.2) is 24.3 Å². The summed E-state index contributed by atoms with van der Waals surface area (Å²) in [4.78, 5) is 13.3. The van der Waals surface area contributed by atoms with Gasteiger partial charge in [-0.25, -0.2) is 12.8 Å². The zero-order valence-electron chi connectivity index (χ0n) is 11.1. The van der Waals surface area contributed by atoms with Crippen LogP contribution in [0.25, 0.3) is 0 Å². The fourth-order valence-corrected chi connectivity index (χ4v) is 3.86. The predicted molar refractivity (Wildman–Crippen MR) is 71.7 cm³/mol. The van der Waals surface area contributed by atoms with E-state index in [1.165, 1.54) is 23.1 Å². The molecule has 0 aliphatic carbocycles. The van der Waals surface area contributed by atoms with Gasteiger partial charge in [0.15, 0.2) is 16.4 Å². The van der Waals surface area contributed by atoms with Crippen LogP contribution in [-0.2, 0) is 14.6 Å². The molecule has 1 aliphatic rings.